The third kappa shape index (κ3) is 2.40. The lowest BCUT2D eigenvalue weighted by Gasteiger charge is -2.27. The van der Waals surface area contributed by atoms with E-state index < -0.39 is 0 Å². The lowest BCUT2D eigenvalue weighted by Crippen LogP contribution is -2.36. The minimum absolute atomic E-state index is 0.0818. The Morgan fingerprint density at radius 3 is 2.56 bits per heavy atom. The van der Waals surface area contributed by atoms with Crippen molar-refractivity contribution in [2.45, 2.75) is 64.0 Å². The largest absolute Gasteiger partial charge is 0.387 e. The van der Waals surface area contributed by atoms with Crippen LogP contribution < -0.4 is 5.73 Å². The van der Waals surface area contributed by atoms with Crippen molar-refractivity contribution in [1.82, 2.24) is 0 Å². The van der Waals surface area contributed by atoms with Crippen molar-refractivity contribution in [3.8, 4) is 0 Å². The van der Waals surface area contributed by atoms with Gasteiger partial charge in [-0.05, 0) is 33.1 Å². The van der Waals surface area contributed by atoms with E-state index in [-0.39, 0.29) is 11.6 Å². The van der Waals surface area contributed by atoms with Gasteiger partial charge in [-0.3, -0.25) is 4.99 Å². The summed E-state index contributed by atoms with van der Waals surface area (Å²) in [4.78, 5) is 4.78. The average Bonchev–Trinajstić information content (AvgIpc) is 2.60. The summed E-state index contributed by atoms with van der Waals surface area (Å²) in [5.41, 5.74) is 6.09. The summed E-state index contributed by atoms with van der Waals surface area (Å²) >= 11 is 0. The first-order chi connectivity index (χ1) is 7.62. The van der Waals surface area contributed by atoms with E-state index >= 15 is 0 Å². The number of rotatable bonds is 2. The quantitative estimate of drug-likeness (QED) is 0.578. The number of hydrogen-bond acceptors (Lipinski definition) is 2. The SMILES string of the molecule is CC1OCCC1(C)N=C(N)C1CCCCC1. The maximum atomic E-state index is 6.17. The van der Waals surface area contributed by atoms with Crippen LogP contribution in [0.15, 0.2) is 4.99 Å². The van der Waals surface area contributed by atoms with E-state index in [9.17, 15) is 0 Å². The van der Waals surface area contributed by atoms with Gasteiger partial charge in [0.1, 0.15) is 0 Å². The van der Waals surface area contributed by atoms with E-state index in [4.69, 9.17) is 15.5 Å². The molecule has 2 rings (SSSR count). The van der Waals surface area contributed by atoms with E-state index in [1.165, 1.54) is 32.1 Å². The number of nitrogens with zero attached hydrogens (tertiary/aromatic N) is 1. The monoisotopic (exact) mass is 224 g/mol. The average molecular weight is 224 g/mol. The van der Waals surface area contributed by atoms with Gasteiger partial charge in [0.05, 0.1) is 17.5 Å². The Balaban J connectivity index is 2.04. The zero-order valence-corrected chi connectivity index (χ0v) is 10.5. The van der Waals surface area contributed by atoms with Crippen LogP contribution in [0, 0.1) is 5.92 Å². The van der Waals surface area contributed by atoms with Crippen molar-refractivity contribution in [2.24, 2.45) is 16.6 Å². The fourth-order valence-electron chi connectivity index (χ4n) is 2.76. The van der Waals surface area contributed by atoms with Gasteiger partial charge >= 0.3 is 0 Å². The molecule has 0 aromatic carbocycles. The molecule has 3 nitrogen and oxygen atoms in total. The Bertz CT molecular complexity index is 271. The molecule has 0 spiro atoms. The highest BCUT2D eigenvalue weighted by Gasteiger charge is 2.37. The summed E-state index contributed by atoms with van der Waals surface area (Å²) in [6, 6.07) is 0. The summed E-state index contributed by atoms with van der Waals surface area (Å²) in [5, 5.41) is 0. The molecule has 2 aliphatic rings. The normalized spacial score (nSPS) is 37.9. The first-order valence-electron chi connectivity index (χ1n) is 6.59. The second-order valence-corrected chi connectivity index (χ2v) is 5.49. The second kappa shape index (κ2) is 4.74. The van der Waals surface area contributed by atoms with E-state index in [0.29, 0.717) is 5.92 Å². The summed E-state index contributed by atoms with van der Waals surface area (Å²) in [6.45, 7) is 5.09. The highest BCUT2D eigenvalue weighted by Crippen LogP contribution is 2.31. The van der Waals surface area contributed by atoms with Crippen LogP contribution >= 0.6 is 0 Å². The van der Waals surface area contributed by atoms with E-state index in [1.54, 1.807) is 0 Å². The van der Waals surface area contributed by atoms with Crippen LogP contribution in [0.5, 0.6) is 0 Å². The minimum Gasteiger partial charge on any atom is -0.387 e. The fourth-order valence-corrected chi connectivity index (χ4v) is 2.76. The molecule has 0 aromatic heterocycles. The molecule has 1 saturated carbocycles. The maximum absolute atomic E-state index is 6.17. The van der Waals surface area contributed by atoms with Gasteiger partial charge in [-0.1, -0.05) is 19.3 Å². The fraction of sp³-hybridized carbons (Fsp3) is 0.923. The van der Waals surface area contributed by atoms with E-state index in [0.717, 1.165) is 18.9 Å². The Hall–Kier alpha value is -0.570. The minimum atomic E-state index is -0.0818. The van der Waals surface area contributed by atoms with E-state index in [1.807, 2.05) is 0 Å². The number of aliphatic imine (C=N–C) groups is 1. The van der Waals surface area contributed by atoms with Gasteiger partial charge in [0, 0.05) is 12.5 Å². The lowest BCUT2D eigenvalue weighted by atomic mass is 9.87. The molecule has 0 aromatic rings. The van der Waals surface area contributed by atoms with Gasteiger partial charge in [0.15, 0.2) is 0 Å². The predicted molar refractivity (Wildman–Crippen MR) is 66.6 cm³/mol. The van der Waals surface area contributed by atoms with Crippen molar-refractivity contribution in [3.05, 3.63) is 0 Å². The molecule has 2 fully saturated rings. The van der Waals surface area contributed by atoms with Crippen LogP contribution in [0.4, 0.5) is 0 Å². The molecule has 92 valence electrons. The van der Waals surface area contributed by atoms with Gasteiger partial charge in [0.25, 0.3) is 0 Å². The molecule has 16 heavy (non-hydrogen) atoms. The number of hydrogen-bond donors (Lipinski definition) is 1. The summed E-state index contributed by atoms with van der Waals surface area (Å²) < 4.78 is 5.59. The Kier molecular flexibility index (Phi) is 3.53. The van der Waals surface area contributed by atoms with Gasteiger partial charge in [-0.15, -0.1) is 0 Å². The van der Waals surface area contributed by atoms with Crippen LogP contribution in [0.25, 0.3) is 0 Å². The molecule has 0 radical (unpaired) electrons. The van der Waals surface area contributed by atoms with Gasteiger partial charge < -0.3 is 10.5 Å². The molecular weight excluding hydrogens is 200 g/mol. The summed E-state index contributed by atoms with van der Waals surface area (Å²) in [5.74, 6) is 1.40. The molecule has 1 heterocycles. The zero-order chi connectivity index (χ0) is 11.6. The number of nitrogens with two attached hydrogens (primary N) is 1. The van der Waals surface area contributed by atoms with Crippen LogP contribution in [0.3, 0.4) is 0 Å². The predicted octanol–water partition coefficient (Wildman–Crippen LogP) is 2.49. The molecule has 1 aliphatic heterocycles. The van der Waals surface area contributed by atoms with Crippen molar-refractivity contribution < 1.29 is 4.74 Å². The number of ether oxygens (including phenoxy) is 1. The van der Waals surface area contributed by atoms with Gasteiger partial charge in [-0.2, -0.15) is 0 Å². The standard InChI is InChI=1S/C13H24N2O/c1-10-13(2,8-9-16-10)15-12(14)11-6-4-3-5-7-11/h10-11H,3-9H2,1-2H3,(H2,14,15). The molecule has 0 bridgehead atoms. The third-order valence-electron chi connectivity index (χ3n) is 4.26. The number of amidine groups is 1. The Morgan fingerprint density at radius 2 is 2.00 bits per heavy atom. The molecule has 1 saturated heterocycles. The van der Waals surface area contributed by atoms with Gasteiger partial charge in [0.2, 0.25) is 0 Å². The van der Waals surface area contributed by atoms with Crippen molar-refractivity contribution >= 4 is 5.84 Å². The molecule has 2 atom stereocenters. The first kappa shape index (κ1) is 11.9. The topological polar surface area (TPSA) is 47.6 Å². The second-order valence-electron chi connectivity index (χ2n) is 5.49. The third-order valence-corrected chi connectivity index (χ3v) is 4.26. The van der Waals surface area contributed by atoms with Crippen molar-refractivity contribution in [3.63, 3.8) is 0 Å². The molecule has 1 aliphatic carbocycles. The van der Waals surface area contributed by atoms with Crippen molar-refractivity contribution in [1.29, 1.82) is 0 Å². The van der Waals surface area contributed by atoms with Crippen LogP contribution in [0.1, 0.15) is 52.4 Å². The highest BCUT2D eigenvalue weighted by molar-refractivity contribution is 5.83. The molecule has 2 unspecified atom stereocenters. The van der Waals surface area contributed by atoms with Crippen LogP contribution in [-0.2, 0) is 4.74 Å². The Labute approximate surface area is 98.5 Å². The maximum Gasteiger partial charge on any atom is 0.0976 e. The zero-order valence-electron chi connectivity index (χ0n) is 10.5. The van der Waals surface area contributed by atoms with Crippen LogP contribution in [-0.4, -0.2) is 24.1 Å². The summed E-state index contributed by atoms with van der Waals surface area (Å²) in [6.07, 6.45) is 7.63. The lowest BCUT2D eigenvalue weighted by molar-refractivity contribution is 0.101. The highest BCUT2D eigenvalue weighted by atomic mass is 16.5. The van der Waals surface area contributed by atoms with Crippen LogP contribution in [0.2, 0.25) is 0 Å². The molecule has 2 N–H and O–H groups in total. The summed E-state index contributed by atoms with van der Waals surface area (Å²) in [7, 11) is 0. The molecule has 0 amide bonds. The Morgan fingerprint density at radius 1 is 1.31 bits per heavy atom. The van der Waals surface area contributed by atoms with Gasteiger partial charge in [-0.25, -0.2) is 0 Å². The first-order valence-corrected chi connectivity index (χ1v) is 6.59. The molecular formula is C13H24N2O. The van der Waals surface area contributed by atoms with Crippen molar-refractivity contribution in [2.75, 3.05) is 6.61 Å². The van der Waals surface area contributed by atoms with E-state index in [2.05, 4.69) is 13.8 Å². The smallest absolute Gasteiger partial charge is 0.0976 e. The molecule has 3 heteroatoms.